The summed E-state index contributed by atoms with van der Waals surface area (Å²) in [6, 6.07) is 8.75. The van der Waals surface area contributed by atoms with E-state index in [1.807, 2.05) is 42.5 Å². The number of rotatable bonds is 8. The van der Waals surface area contributed by atoms with Gasteiger partial charge >= 0.3 is 5.97 Å². The molecule has 2 amide bonds. The van der Waals surface area contributed by atoms with E-state index in [0.29, 0.717) is 19.4 Å². The number of allylic oxidation sites excluding steroid dienone is 2. The Bertz CT molecular complexity index is 767. The van der Waals surface area contributed by atoms with Gasteiger partial charge in [-0.15, -0.1) is 0 Å². The minimum absolute atomic E-state index is 0.00209. The van der Waals surface area contributed by atoms with Gasteiger partial charge in [0.2, 0.25) is 11.8 Å². The summed E-state index contributed by atoms with van der Waals surface area (Å²) in [6.07, 6.45) is 7.03. The molecule has 3 atom stereocenters. The zero-order valence-electron chi connectivity index (χ0n) is 19.3. The van der Waals surface area contributed by atoms with E-state index < -0.39 is 12.0 Å². The predicted octanol–water partition coefficient (Wildman–Crippen LogP) is 2.25. The second-order valence-electron chi connectivity index (χ2n) is 8.39. The van der Waals surface area contributed by atoms with E-state index in [0.717, 1.165) is 24.8 Å². The lowest BCUT2D eigenvalue weighted by atomic mass is 9.98. The first-order valence-electron chi connectivity index (χ1n) is 11.6. The van der Waals surface area contributed by atoms with Gasteiger partial charge in [0.1, 0.15) is 6.61 Å². The molecule has 0 saturated carbocycles. The van der Waals surface area contributed by atoms with Crippen LogP contribution < -0.4 is 10.6 Å². The van der Waals surface area contributed by atoms with E-state index in [4.69, 9.17) is 14.6 Å². The number of esters is 1. The minimum atomic E-state index is -0.581. The number of nitrogens with one attached hydrogen (secondary N) is 2. The lowest BCUT2D eigenvalue weighted by Gasteiger charge is -2.23. The molecule has 0 unspecified atom stereocenters. The average molecular weight is 461 g/mol. The first-order valence-corrected chi connectivity index (χ1v) is 11.6. The number of carbonyl (C=O) groups is 3. The van der Waals surface area contributed by atoms with Crippen molar-refractivity contribution in [3.8, 4) is 0 Å². The Kier molecular flexibility index (Phi) is 12.2. The Balaban J connectivity index is 2.04. The van der Waals surface area contributed by atoms with Crippen LogP contribution in [0.25, 0.3) is 0 Å². The molecule has 3 N–H and O–H groups in total. The molecule has 1 aliphatic rings. The molecule has 182 valence electrons. The maximum absolute atomic E-state index is 13.0. The molecule has 0 radical (unpaired) electrons. The fraction of sp³-hybridized carbons (Fsp3) is 0.560. The monoisotopic (exact) mass is 460 g/mol. The van der Waals surface area contributed by atoms with Gasteiger partial charge in [0, 0.05) is 18.9 Å². The SMILES string of the molecule is C[C@H](CO)NC(=O)C[C@H]1CC=CCCCCC(=O)OC[C@H](COCc2ccccc2)NC1=O. The van der Waals surface area contributed by atoms with Crippen molar-refractivity contribution in [2.24, 2.45) is 5.92 Å². The maximum Gasteiger partial charge on any atom is 0.305 e. The quantitative estimate of drug-likeness (QED) is 0.405. The molecule has 0 spiro atoms. The maximum atomic E-state index is 13.0. The molecule has 0 aromatic heterocycles. The van der Waals surface area contributed by atoms with Gasteiger partial charge in [-0.3, -0.25) is 14.4 Å². The summed E-state index contributed by atoms with van der Waals surface area (Å²) in [5.74, 6) is -1.47. The van der Waals surface area contributed by atoms with Crippen molar-refractivity contribution in [1.29, 1.82) is 0 Å². The molecule has 1 aromatic carbocycles. The summed E-state index contributed by atoms with van der Waals surface area (Å²) >= 11 is 0. The average Bonchev–Trinajstić information content (AvgIpc) is 2.80. The van der Waals surface area contributed by atoms with Crippen molar-refractivity contribution >= 4 is 17.8 Å². The number of aliphatic hydroxyl groups is 1. The van der Waals surface area contributed by atoms with E-state index in [-0.39, 0.29) is 50.1 Å². The van der Waals surface area contributed by atoms with Crippen LogP contribution in [0.3, 0.4) is 0 Å². The Morgan fingerprint density at radius 1 is 1.24 bits per heavy atom. The van der Waals surface area contributed by atoms with Gasteiger partial charge in [0.05, 0.1) is 31.8 Å². The van der Waals surface area contributed by atoms with Gasteiger partial charge in [-0.25, -0.2) is 0 Å². The summed E-state index contributed by atoms with van der Waals surface area (Å²) < 4.78 is 11.1. The van der Waals surface area contributed by atoms with Crippen molar-refractivity contribution < 1.29 is 29.0 Å². The van der Waals surface area contributed by atoms with Crippen LogP contribution in [0.1, 0.15) is 51.0 Å². The summed E-state index contributed by atoms with van der Waals surface area (Å²) in [5.41, 5.74) is 0.999. The Labute approximate surface area is 195 Å². The third-order valence-corrected chi connectivity index (χ3v) is 5.30. The van der Waals surface area contributed by atoms with Gasteiger partial charge in [-0.2, -0.15) is 0 Å². The van der Waals surface area contributed by atoms with Gasteiger partial charge in [-0.1, -0.05) is 42.5 Å². The van der Waals surface area contributed by atoms with Gasteiger partial charge < -0.3 is 25.2 Å². The zero-order chi connectivity index (χ0) is 23.9. The first-order chi connectivity index (χ1) is 16.0. The third-order valence-electron chi connectivity index (χ3n) is 5.30. The summed E-state index contributed by atoms with van der Waals surface area (Å²) in [7, 11) is 0. The lowest BCUT2D eigenvalue weighted by molar-refractivity contribution is -0.146. The van der Waals surface area contributed by atoms with Crippen LogP contribution in [0.15, 0.2) is 42.5 Å². The van der Waals surface area contributed by atoms with Crippen LogP contribution in [0, 0.1) is 5.92 Å². The normalized spacial score (nSPS) is 21.4. The molecular weight excluding hydrogens is 424 g/mol. The number of aliphatic hydroxyl groups excluding tert-OH is 1. The van der Waals surface area contributed by atoms with E-state index in [9.17, 15) is 14.4 Å². The van der Waals surface area contributed by atoms with Crippen molar-refractivity contribution in [2.45, 2.75) is 64.1 Å². The molecule has 1 heterocycles. The van der Waals surface area contributed by atoms with Crippen LogP contribution >= 0.6 is 0 Å². The summed E-state index contributed by atoms with van der Waals surface area (Å²) in [4.78, 5) is 37.4. The van der Waals surface area contributed by atoms with Crippen LogP contribution in [0.2, 0.25) is 0 Å². The lowest BCUT2D eigenvalue weighted by Crippen LogP contribution is -2.46. The molecule has 0 aliphatic carbocycles. The second-order valence-corrected chi connectivity index (χ2v) is 8.39. The van der Waals surface area contributed by atoms with Crippen molar-refractivity contribution in [1.82, 2.24) is 10.6 Å². The van der Waals surface area contributed by atoms with Crippen molar-refractivity contribution in [2.75, 3.05) is 19.8 Å². The van der Waals surface area contributed by atoms with E-state index >= 15 is 0 Å². The predicted molar refractivity (Wildman–Crippen MR) is 124 cm³/mol. The first kappa shape index (κ1) is 26.5. The van der Waals surface area contributed by atoms with Crippen molar-refractivity contribution in [3.05, 3.63) is 48.0 Å². The molecule has 1 aliphatic heterocycles. The highest BCUT2D eigenvalue weighted by Crippen LogP contribution is 2.13. The van der Waals surface area contributed by atoms with Gasteiger partial charge in [0.25, 0.3) is 0 Å². The standard InChI is InChI=1S/C25H36N2O6/c1-19(15-28)26-23(29)14-21-12-8-3-2-4-9-13-24(30)33-18-22(27-25(21)31)17-32-16-20-10-6-5-7-11-20/h3,5-8,10-11,19,21-22,28H,2,4,9,12-18H2,1H3,(H,26,29)(H,27,31)/t19-,21-,22+/m1/s1. The van der Waals surface area contributed by atoms with Gasteiger partial charge in [0.15, 0.2) is 0 Å². The highest BCUT2D eigenvalue weighted by molar-refractivity contribution is 5.86. The van der Waals surface area contributed by atoms with Crippen molar-refractivity contribution in [3.63, 3.8) is 0 Å². The van der Waals surface area contributed by atoms with Crippen LogP contribution in [0.4, 0.5) is 0 Å². The minimum Gasteiger partial charge on any atom is -0.463 e. The summed E-state index contributed by atoms with van der Waals surface area (Å²) in [6.45, 7) is 2.07. The van der Waals surface area contributed by atoms with E-state index in [1.165, 1.54) is 0 Å². The molecule has 33 heavy (non-hydrogen) atoms. The molecular formula is C25H36N2O6. The third kappa shape index (κ3) is 11.1. The number of amides is 2. The van der Waals surface area contributed by atoms with E-state index in [1.54, 1.807) is 6.92 Å². The van der Waals surface area contributed by atoms with Crippen LogP contribution in [-0.2, 0) is 30.5 Å². The highest BCUT2D eigenvalue weighted by atomic mass is 16.5. The number of hydrogen-bond acceptors (Lipinski definition) is 6. The fourth-order valence-corrected chi connectivity index (χ4v) is 3.41. The number of carbonyl (C=O) groups excluding carboxylic acids is 3. The van der Waals surface area contributed by atoms with Crippen LogP contribution in [0.5, 0.6) is 0 Å². The molecule has 2 rings (SSSR count). The Morgan fingerprint density at radius 2 is 2.03 bits per heavy atom. The Hall–Kier alpha value is -2.71. The smallest absolute Gasteiger partial charge is 0.305 e. The molecule has 0 fully saturated rings. The highest BCUT2D eigenvalue weighted by Gasteiger charge is 2.25. The molecule has 0 bridgehead atoms. The Morgan fingerprint density at radius 3 is 2.79 bits per heavy atom. The molecule has 8 heteroatoms. The second kappa shape index (κ2) is 15.2. The number of benzene rings is 1. The fourth-order valence-electron chi connectivity index (χ4n) is 3.41. The number of cyclic esters (lactones) is 1. The van der Waals surface area contributed by atoms with E-state index in [2.05, 4.69) is 10.6 Å². The molecule has 0 saturated heterocycles. The largest absolute Gasteiger partial charge is 0.463 e. The van der Waals surface area contributed by atoms with Crippen LogP contribution in [-0.4, -0.2) is 54.8 Å². The number of hydrogen-bond donors (Lipinski definition) is 3. The number of ether oxygens (including phenoxy) is 2. The summed E-state index contributed by atoms with van der Waals surface area (Å²) in [5, 5.41) is 14.7. The zero-order valence-corrected chi connectivity index (χ0v) is 19.3. The molecule has 8 nitrogen and oxygen atoms in total. The topological polar surface area (TPSA) is 114 Å². The van der Waals surface area contributed by atoms with Gasteiger partial charge in [-0.05, 0) is 38.2 Å². The molecule has 1 aromatic rings.